The van der Waals surface area contributed by atoms with Crippen molar-refractivity contribution in [3.8, 4) is 0 Å². The first-order chi connectivity index (χ1) is 5.72. The van der Waals surface area contributed by atoms with Gasteiger partial charge in [0.25, 0.3) is 5.79 Å². The number of rotatable bonds is 0. The predicted octanol–water partition coefficient (Wildman–Crippen LogP) is 1.73. The lowest BCUT2D eigenvalue weighted by molar-refractivity contribution is -0.182. The Labute approximate surface area is 71.3 Å². The molecule has 0 unspecified atom stereocenters. The number of carbonyl (C=O) groups is 1. The van der Waals surface area contributed by atoms with Gasteiger partial charge in [-0.3, -0.25) is 0 Å². The van der Waals surface area contributed by atoms with Crippen LogP contribution in [-0.4, -0.2) is 11.8 Å². The smallest absolute Gasteiger partial charge is 0.376 e. The third-order valence-corrected chi connectivity index (χ3v) is 2.43. The largest absolute Gasteiger partial charge is 0.445 e. The molecule has 0 amide bonds. The van der Waals surface area contributed by atoms with Gasteiger partial charge in [-0.1, -0.05) is 6.42 Å². The zero-order valence-corrected chi connectivity index (χ0v) is 6.97. The van der Waals surface area contributed by atoms with Crippen molar-refractivity contribution in [2.75, 3.05) is 0 Å². The number of hydrogen-bond acceptors (Lipinski definition) is 3. The number of hydrogen-bond donors (Lipinski definition) is 0. The van der Waals surface area contributed by atoms with Crippen LogP contribution in [0.4, 0.5) is 0 Å². The minimum atomic E-state index is -0.633. The first-order valence-electron chi connectivity index (χ1n) is 4.33. The van der Waals surface area contributed by atoms with Crippen LogP contribution in [-0.2, 0) is 14.3 Å². The molecule has 2 aliphatic rings. The van der Waals surface area contributed by atoms with Crippen LogP contribution in [0.3, 0.4) is 0 Å². The predicted molar refractivity (Wildman–Crippen MR) is 42.1 cm³/mol. The Morgan fingerprint density at radius 1 is 1.17 bits per heavy atom. The van der Waals surface area contributed by atoms with E-state index >= 15 is 0 Å². The van der Waals surface area contributed by atoms with Gasteiger partial charge in [-0.2, -0.15) is 0 Å². The summed E-state index contributed by atoms with van der Waals surface area (Å²) in [7, 11) is 0. The Morgan fingerprint density at radius 3 is 2.33 bits per heavy atom. The maximum atomic E-state index is 11.0. The molecular formula is C9H12O3. The molecule has 0 atom stereocenters. The highest BCUT2D eigenvalue weighted by atomic mass is 16.8. The van der Waals surface area contributed by atoms with Crippen molar-refractivity contribution in [2.45, 2.75) is 37.9 Å². The zero-order chi connectivity index (χ0) is 8.60. The van der Waals surface area contributed by atoms with Gasteiger partial charge >= 0.3 is 5.97 Å². The Hall–Kier alpha value is -0.990. The third kappa shape index (κ3) is 1.09. The second kappa shape index (κ2) is 2.51. The van der Waals surface area contributed by atoms with E-state index in [0.29, 0.717) is 0 Å². The molecule has 1 aliphatic carbocycles. The molecule has 3 heteroatoms. The summed E-state index contributed by atoms with van der Waals surface area (Å²) in [5.74, 6) is -0.860. The molecule has 0 radical (unpaired) electrons. The molecule has 0 bridgehead atoms. The summed E-state index contributed by atoms with van der Waals surface area (Å²) >= 11 is 0. The second-order valence-electron chi connectivity index (χ2n) is 3.39. The Kier molecular flexibility index (Phi) is 1.60. The third-order valence-electron chi connectivity index (χ3n) is 2.43. The van der Waals surface area contributed by atoms with Crippen molar-refractivity contribution in [3.63, 3.8) is 0 Å². The molecule has 0 N–H and O–H groups in total. The number of carbonyl (C=O) groups excluding carboxylic acids is 1. The molecule has 1 aliphatic heterocycles. The normalized spacial score (nSPS) is 27.0. The molecule has 0 aromatic heterocycles. The maximum absolute atomic E-state index is 11.0. The van der Waals surface area contributed by atoms with Crippen LogP contribution < -0.4 is 0 Å². The van der Waals surface area contributed by atoms with Crippen molar-refractivity contribution < 1.29 is 14.3 Å². The SMILES string of the molecule is C=C1OC2(CCCCC2)OC1=O. The van der Waals surface area contributed by atoms with Crippen LogP contribution in [0.25, 0.3) is 0 Å². The van der Waals surface area contributed by atoms with Crippen LogP contribution in [0.1, 0.15) is 32.1 Å². The summed E-state index contributed by atoms with van der Waals surface area (Å²) in [6.45, 7) is 3.49. The molecule has 2 fully saturated rings. The summed E-state index contributed by atoms with van der Waals surface area (Å²) in [5.41, 5.74) is 0. The molecular weight excluding hydrogens is 156 g/mol. The molecule has 0 aromatic carbocycles. The highest BCUT2D eigenvalue weighted by molar-refractivity contribution is 5.87. The van der Waals surface area contributed by atoms with E-state index in [1.807, 2.05) is 0 Å². The van der Waals surface area contributed by atoms with Crippen LogP contribution in [0, 0.1) is 0 Å². The quantitative estimate of drug-likeness (QED) is 0.408. The van der Waals surface area contributed by atoms with Crippen LogP contribution in [0.15, 0.2) is 12.3 Å². The van der Waals surface area contributed by atoms with Crippen molar-refractivity contribution >= 4 is 5.97 Å². The van der Waals surface area contributed by atoms with E-state index in [0.717, 1.165) is 25.7 Å². The molecule has 66 valence electrons. The number of ether oxygens (including phenoxy) is 2. The molecule has 3 nitrogen and oxygen atoms in total. The van der Waals surface area contributed by atoms with Gasteiger partial charge < -0.3 is 9.47 Å². The average Bonchev–Trinajstić information content (AvgIpc) is 2.29. The minimum absolute atomic E-state index is 0.164. The molecule has 12 heavy (non-hydrogen) atoms. The van der Waals surface area contributed by atoms with Crippen LogP contribution in [0.5, 0.6) is 0 Å². The summed E-state index contributed by atoms with van der Waals surface area (Å²) < 4.78 is 10.5. The highest BCUT2D eigenvalue weighted by Crippen LogP contribution is 2.38. The Balaban J connectivity index is 2.12. The van der Waals surface area contributed by atoms with E-state index in [2.05, 4.69) is 6.58 Å². The van der Waals surface area contributed by atoms with Gasteiger partial charge in [0, 0.05) is 12.8 Å². The van der Waals surface area contributed by atoms with Gasteiger partial charge in [0.2, 0.25) is 5.76 Å². The van der Waals surface area contributed by atoms with Crippen molar-refractivity contribution in [1.82, 2.24) is 0 Å². The summed E-state index contributed by atoms with van der Waals surface area (Å²) in [4.78, 5) is 11.0. The molecule has 1 spiro atoms. The molecule has 0 aromatic rings. The molecule has 2 rings (SSSR count). The topological polar surface area (TPSA) is 35.5 Å². The summed E-state index contributed by atoms with van der Waals surface area (Å²) in [6, 6.07) is 0. The van der Waals surface area contributed by atoms with Gasteiger partial charge in [0.1, 0.15) is 0 Å². The van der Waals surface area contributed by atoms with Crippen LogP contribution >= 0.6 is 0 Å². The fourth-order valence-electron chi connectivity index (χ4n) is 1.81. The van der Waals surface area contributed by atoms with Crippen LogP contribution in [0.2, 0.25) is 0 Å². The van der Waals surface area contributed by atoms with Gasteiger partial charge in [0.05, 0.1) is 0 Å². The zero-order valence-electron chi connectivity index (χ0n) is 6.97. The summed E-state index contributed by atoms with van der Waals surface area (Å²) in [6.07, 6.45) is 4.98. The Bertz CT molecular complexity index is 208. The lowest BCUT2D eigenvalue weighted by Crippen LogP contribution is -2.32. The van der Waals surface area contributed by atoms with Gasteiger partial charge in [0.15, 0.2) is 0 Å². The van der Waals surface area contributed by atoms with E-state index in [-0.39, 0.29) is 5.76 Å². The van der Waals surface area contributed by atoms with Crippen molar-refractivity contribution in [1.29, 1.82) is 0 Å². The van der Waals surface area contributed by atoms with Gasteiger partial charge in [-0.25, -0.2) is 4.79 Å². The first kappa shape index (κ1) is 7.65. The fourth-order valence-corrected chi connectivity index (χ4v) is 1.81. The van der Waals surface area contributed by atoms with Crippen molar-refractivity contribution in [2.24, 2.45) is 0 Å². The maximum Gasteiger partial charge on any atom is 0.376 e. The molecule has 1 saturated heterocycles. The van der Waals surface area contributed by atoms with E-state index in [1.165, 1.54) is 6.42 Å². The number of esters is 1. The van der Waals surface area contributed by atoms with E-state index < -0.39 is 11.8 Å². The first-order valence-corrected chi connectivity index (χ1v) is 4.33. The Morgan fingerprint density at radius 2 is 1.83 bits per heavy atom. The minimum Gasteiger partial charge on any atom is -0.445 e. The van der Waals surface area contributed by atoms with Gasteiger partial charge in [-0.05, 0) is 19.4 Å². The summed E-state index contributed by atoms with van der Waals surface area (Å²) in [5, 5.41) is 0. The lowest BCUT2D eigenvalue weighted by atomic mass is 9.94. The average molecular weight is 168 g/mol. The fraction of sp³-hybridized carbons (Fsp3) is 0.667. The van der Waals surface area contributed by atoms with Crippen molar-refractivity contribution in [3.05, 3.63) is 12.3 Å². The van der Waals surface area contributed by atoms with E-state index in [9.17, 15) is 4.79 Å². The molecule has 1 saturated carbocycles. The monoisotopic (exact) mass is 168 g/mol. The van der Waals surface area contributed by atoms with Gasteiger partial charge in [-0.15, -0.1) is 0 Å². The standard InChI is InChI=1S/C9H12O3/c1-7-8(10)12-9(11-7)5-3-2-4-6-9/h1-6H2. The van der Waals surface area contributed by atoms with E-state index in [4.69, 9.17) is 9.47 Å². The van der Waals surface area contributed by atoms with E-state index in [1.54, 1.807) is 0 Å². The second-order valence-corrected chi connectivity index (χ2v) is 3.39. The highest BCUT2D eigenvalue weighted by Gasteiger charge is 2.45. The molecule has 1 heterocycles. The lowest BCUT2D eigenvalue weighted by Gasteiger charge is -2.29.